The van der Waals surface area contributed by atoms with Crippen LogP contribution < -0.4 is 5.32 Å². The van der Waals surface area contributed by atoms with Crippen LogP contribution in [-0.4, -0.2) is 12.3 Å². The molecule has 2 heteroatoms. The van der Waals surface area contributed by atoms with Crippen LogP contribution >= 0.6 is 12.6 Å². The van der Waals surface area contributed by atoms with Gasteiger partial charge in [0.15, 0.2) is 0 Å². The Bertz CT molecular complexity index is 248. The van der Waals surface area contributed by atoms with E-state index in [1.165, 1.54) is 11.1 Å². The summed E-state index contributed by atoms with van der Waals surface area (Å²) in [6.07, 6.45) is 1.13. The molecule has 0 bridgehead atoms. The highest BCUT2D eigenvalue weighted by atomic mass is 32.1. The van der Waals surface area contributed by atoms with Crippen molar-refractivity contribution in [3.05, 3.63) is 35.4 Å². The average molecular weight is 195 g/mol. The predicted molar refractivity (Wildman–Crippen MR) is 61.4 cm³/mol. The molecule has 72 valence electrons. The molecule has 0 aliphatic rings. The normalized spacial score (nSPS) is 10.3. The van der Waals surface area contributed by atoms with Gasteiger partial charge in [-0.25, -0.2) is 0 Å². The molecule has 13 heavy (non-hydrogen) atoms. The molecule has 1 aromatic rings. The van der Waals surface area contributed by atoms with Gasteiger partial charge in [0, 0.05) is 6.54 Å². The Kier molecular flexibility index (Phi) is 4.94. The van der Waals surface area contributed by atoms with E-state index in [1.807, 2.05) is 0 Å². The van der Waals surface area contributed by atoms with E-state index in [0.717, 1.165) is 25.3 Å². The monoisotopic (exact) mass is 195 g/mol. The van der Waals surface area contributed by atoms with Crippen molar-refractivity contribution in [3.63, 3.8) is 0 Å². The van der Waals surface area contributed by atoms with Gasteiger partial charge in [-0.05, 0) is 36.8 Å². The van der Waals surface area contributed by atoms with Gasteiger partial charge in [-0.3, -0.25) is 0 Å². The molecule has 0 unspecified atom stereocenters. The summed E-state index contributed by atoms with van der Waals surface area (Å²) in [6, 6.07) is 8.48. The number of hydrogen-bond acceptors (Lipinski definition) is 2. The minimum Gasteiger partial charge on any atom is -0.313 e. The number of rotatable bonds is 5. The average Bonchev–Trinajstić information content (AvgIpc) is 2.15. The third kappa shape index (κ3) is 3.83. The van der Waals surface area contributed by atoms with Gasteiger partial charge < -0.3 is 5.32 Å². The second kappa shape index (κ2) is 6.06. The maximum absolute atomic E-state index is 4.16. The third-order valence-electron chi connectivity index (χ3n) is 2.09. The molecule has 0 aliphatic carbocycles. The fourth-order valence-corrected chi connectivity index (χ4v) is 1.39. The van der Waals surface area contributed by atoms with E-state index in [9.17, 15) is 0 Å². The molecule has 0 spiro atoms. The van der Waals surface area contributed by atoms with Crippen molar-refractivity contribution in [2.24, 2.45) is 0 Å². The van der Waals surface area contributed by atoms with Crippen LogP contribution in [0.25, 0.3) is 0 Å². The Morgan fingerprint density at radius 1 is 1.31 bits per heavy atom. The summed E-state index contributed by atoms with van der Waals surface area (Å²) in [5.74, 6) is 0.959. The fourth-order valence-electron chi connectivity index (χ4n) is 1.24. The molecule has 0 radical (unpaired) electrons. The van der Waals surface area contributed by atoms with Gasteiger partial charge in [0.1, 0.15) is 0 Å². The fraction of sp³-hybridized carbons (Fsp3) is 0.455. The highest BCUT2D eigenvalue weighted by Gasteiger charge is 1.94. The van der Waals surface area contributed by atoms with E-state index < -0.39 is 0 Å². The molecule has 0 amide bonds. The van der Waals surface area contributed by atoms with Crippen LogP contribution in [0, 0.1) is 6.92 Å². The smallest absolute Gasteiger partial charge is 0.0208 e. The lowest BCUT2D eigenvalue weighted by Gasteiger charge is -2.06. The maximum Gasteiger partial charge on any atom is 0.0208 e. The molecule has 0 saturated heterocycles. The Balaban J connectivity index is 2.32. The second-order valence-electron chi connectivity index (χ2n) is 3.18. The first-order valence-electron chi connectivity index (χ1n) is 4.70. The van der Waals surface area contributed by atoms with E-state index in [4.69, 9.17) is 0 Å². The van der Waals surface area contributed by atoms with Crippen molar-refractivity contribution in [2.45, 2.75) is 19.9 Å². The van der Waals surface area contributed by atoms with E-state index >= 15 is 0 Å². The number of thiol groups is 1. The Hall–Kier alpha value is -0.470. The number of nitrogens with one attached hydrogen (secondary N) is 1. The minimum absolute atomic E-state index is 0.959. The van der Waals surface area contributed by atoms with Crippen molar-refractivity contribution in [1.29, 1.82) is 0 Å². The summed E-state index contributed by atoms with van der Waals surface area (Å²) in [7, 11) is 0. The van der Waals surface area contributed by atoms with E-state index in [2.05, 4.69) is 49.1 Å². The van der Waals surface area contributed by atoms with Gasteiger partial charge in [-0.1, -0.05) is 24.3 Å². The van der Waals surface area contributed by atoms with Crippen LogP contribution in [0.3, 0.4) is 0 Å². The van der Waals surface area contributed by atoms with Gasteiger partial charge >= 0.3 is 0 Å². The summed E-state index contributed by atoms with van der Waals surface area (Å²) < 4.78 is 0. The molecule has 1 aromatic carbocycles. The molecular weight excluding hydrogens is 178 g/mol. The maximum atomic E-state index is 4.16. The summed E-state index contributed by atoms with van der Waals surface area (Å²) in [5.41, 5.74) is 2.75. The highest BCUT2D eigenvalue weighted by molar-refractivity contribution is 7.80. The Morgan fingerprint density at radius 2 is 2.08 bits per heavy atom. The Labute approximate surface area is 86.0 Å². The first kappa shape index (κ1) is 10.6. The summed E-state index contributed by atoms with van der Waals surface area (Å²) in [4.78, 5) is 0. The number of benzene rings is 1. The zero-order valence-corrected chi connectivity index (χ0v) is 8.98. The van der Waals surface area contributed by atoms with Crippen LogP contribution in [-0.2, 0) is 6.54 Å². The molecule has 0 heterocycles. The molecule has 0 aromatic heterocycles. The summed E-state index contributed by atoms with van der Waals surface area (Å²) >= 11 is 4.16. The summed E-state index contributed by atoms with van der Waals surface area (Å²) in [6.45, 7) is 4.17. The van der Waals surface area contributed by atoms with Gasteiger partial charge in [0.05, 0.1) is 0 Å². The number of aryl methyl sites for hydroxylation is 1. The van der Waals surface area contributed by atoms with E-state index in [1.54, 1.807) is 0 Å². The molecule has 0 saturated carbocycles. The van der Waals surface area contributed by atoms with Gasteiger partial charge in [0.2, 0.25) is 0 Å². The second-order valence-corrected chi connectivity index (χ2v) is 3.63. The lowest BCUT2D eigenvalue weighted by atomic mass is 10.1. The minimum atomic E-state index is 0.959. The van der Waals surface area contributed by atoms with Gasteiger partial charge in [-0.15, -0.1) is 0 Å². The van der Waals surface area contributed by atoms with Crippen LogP contribution in [0.2, 0.25) is 0 Å². The van der Waals surface area contributed by atoms with Crippen molar-refractivity contribution < 1.29 is 0 Å². The van der Waals surface area contributed by atoms with Gasteiger partial charge in [0.25, 0.3) is 0 Å². The van der Waals surface area contributed by atoms with Crippen LogP contribution in [0.15, 0.2) is 24.3 Å². The van der Waals surface area contributed by atoms with Crippen LogP contribution in [0.5, 0.6) is 0 Å². The lowest BCUT2D eigenvalue weighted by Crippen LogP contribution is -2.15. The topological polar surface area (TPSA) is 12.0 Å². The van der Waals surface area contributed by atoms with E-state index in [-0.39, 0.29) is 0 Å². The van der Waals surface area contributed by atoms with E-state index in [0.29, 0.717) is 0 Å². The first-order valence-corrected chi connectivity index (χ1v) is 5.34. The molecule has 1 rings (SSSR count). The third-order valence-corrected chi connectivity index (χ3v) is 2.40. The van der Waals surface area contributed by atoms with Crippen molar-refractivity contribution in [2.75, 3.05) is 12.3 Å². The van der Waals surface area contributed by atoms with Crippen molar-refractivity contribution in [3.8, 4) is 0 Å². The molecular formula is C11H17NS. The molecule has 0 atom stereocenters. The SMILES string of the molecule is Cc1ccccc1CNCCCS. The molecule has 0 fully saturated rings. The largest absolute Gasteiger partial charge is 0.313 e. The molecule has 1 nitrogen and oxygen atoms in total. The summed E-state index contributed by atoms with van der Waals surface area (Å²) in [5, 5.41) is 3.39. The number of hydrogen-bond donors (Lipinski definition) is 2. The molecule has 1 N–H and O–H groups in total. The van der Waals surface area contributed by atoms with Crippen molar-refractivity contribution >= 4 is 12.6 Å². The first-order chi connectivity index (χ1) is 6.34. The highest BCUT2D eigenvalue weighted by Crippen LogP contribution is 2.05. The van der Waals surface area contributed by atoms with Crippen LogP contribution in [0.4, 0.5) is 0 Å². The molecule has 0 aliphatic heterocycles. The zero-order chi connectivity index (χ0) is 9.52. The Morgan fingerprint density at radius 3 is 2.77 bits per heavy atom. The lowest BCUT2D eigenvalue weighted by molar-refractivity contribution is 0.677. The predicted octanol–water partition coefficient (Wildman–Crippen LogP) is 2.40. The zero-order valence-electron chi connectivity index (χ0n) is 8.09. The standard InChI is InChI=1S/C11H17NS/c1-10-5-2-3-6-11(10)9-12-7-4-8-13/h2-3,5-6,12-13H,4,7-9H2,1H3. The van der Waals surface area contributed by atoms with Gasteiger partial charge in [-0.2, -0.15) is 12.6 Å². The van der Waals surface area contributed by atoms with Crippen LogP contribution in [0.1, 0.15) is 17.5 Å². The van der Waals surface area contributed by atoms with Crippen molar-refractivity contribution in [1.82, 2.24) is 5.32 Å². The quantitative estimate of drug-likeness (QED) is 0.543.